The summed E-state index contributed by atoms with van der Waals surface area (Å²) in [7, 11) is 0. The lowest BCUT2D eigenvalue weighted by atomic mass is 10.1. The van der Waals surface area contributed by atoms with Gasteiger partial charge in [-0.05, 0) is 38.1 Å². The quantitative estimate of drug-likeness (QED) is 0.490. The number of halogens is 1. The Morgan fingerprint density at radius 2 is 2.00 bits per heavy atom. The third-order valence-electron chi connectivity index (χ3n) is 4.13. The van der Waals surface area contributed by atoms with E-state index in [2.05, 4.69) is 10.3 Å². The molecule has 0 spiro atoms. The predicted molar refractivity (Wildman–Crippen MR) is 106 cm³/mol. The third-order valence-corrected chi connectivity index (χ3v) is 4.89. The number of rotatable bonds is 6. The second kappa shape index (κ2) is 8.36. The standard InChI is InChI=1S/C20H18FN3O4S/c1-11-7-16(12(2)24(11)15-6-4-5-14(21)8-15)18(26)9-28-19(27)17-10-29-20(23-17)22-13(3)25/h4-8,10H,9H2,1-3H3,(H,22,23,25). The molecule has 0 saturated carbocycles. The van der Waals surface area contributed by atoms with Gasteiger partial charge in [-0.1, -0.05) is 6.07 Å². The number of hydrogen-bond donors (Lipinski definition) is 1. The van der Waals surface area contributed by atoms with Crippen molar-refractivity contribution in [3.63, 3.8) is 0 Å². The molecule has 9 heteroatoms. The van der Waals surface area contributed by atoms with Crippen molar-refractivity contribution in [3.8, 4) is 5.69 Å². The molecule has 0 atom stereocenters. The van der Waals surface area contributed by atoms with Crippen molar-refractivity contribution in [1.29, 1.82) is 0 Å². The molecule has 3 rings (SSSR count). The second-order valence-corrected chi connectivity index (χ2v) is 7.18. The van der Waals surface area contributed by atoms with Crippen molar-refractivity contribution >= 4 is 34.1 Å². The van der Waals surface area contributed by atoms with Gasteiger partial charge in [-0.2, -0.15) is 0 Å². The summed E-state index contributed by atoms with van der Waals surface area (Å²) in [6.45, 7) is 4.42. The molecule has 150 valence electrons. The topological polar surface area (TPSA) is 90.3 Å². The zero-order valence-corrected chi connectivity index (χ0v) is 16.8. The molecule has 0 aliphatic carbocycles. The minimum absolute atomic E-state index is 0.0109. The maximum atomic E-state index is 13.6. The van der Waals surface area contributed by atoms with Gasteiger partial charge in [0.25, 0.3) is 0 Å². The number of nitrogens with one attached hydrogen (secondary N) is 1. The first-order valence-corrected chi connectivity index (χ1v) is 9.52. The number of thiazole rings is 1. The summed E-state index contributed by atoms with van der Waals surface area (Å²) in [5.74, 6) is -1.82. The van der Waals surface area contributed by atoms with Crippen molar-refractivity contribution in [2.45, 2.75) is 20.8 Å². The number of benzene rings is 1. The molecule has 0 aliphatic heterocycles. The van der Waals surface area contributed by atoms with Crippen LogP contribution in [0.5, 0.6) is 0 Å². The number of hydrogen-bond acceptors (Lipinski definition) is 6. The van der Waals surface area contributed by atoms with Crippen molar-refractivity contribution in [1.82, 2.24) is 9.55 Å². The molecule has 2 aromatic heterocycles. The minimum Gasteiger partial charge on any atom is -0.453 e. The minimum atomic E-state index is -0.759. The van der Waals surface area contributed by atoms with Crippen LogP contribution in [-0.4, -0.2) is 33.8 Å². The van der Waals surface area contributed by atoms with E-state index in [0.29, 0.717) is 16.9 Å². The van der Waals surface area contributed by atoms with Crippen molar-refractivity contribution in [2.24, 2.45) is 0 Å². The van der Waals surface area contributed by atoms with Crippen LogP contribution in [0.2, 0.25) is 0 Å². The van der Waals surface area contributed by atoms with E-state index in [1.54, 1.807) is 36.6 Å². The SMILES string of the molecule is CC(=O)Nc1nc(C(=O)OCC(=O)c2cc(C)n(-c3cccc(F)c3)c2C)cs1. The van der Waals surface area contributed by atoms with Crippen LogP contribution < -0.4 is 5.32 Å². The van der Waals surface area contributed by atoms with Gasteiger partial charge in [0, 0.05) is 34.9 Å². The number of Topliss-reactive ketones (excluding diaryl/α,β-unsaturated/α-hetero) is 1. The van der Waals surface area contributed by atoms with Crippen LogP contribution in [0.15, 0.2) is 35.7 Å². The molecule has 3 aromatic rings. The molecule has 0 radical (unpaired) electrons. The number of ketones is 1. The van der Waals surface area contributed by atoms with Gasteiger partial charge in [0.05, 0.1) is 0 Å². The Bertz CT molecular complexity index is 1100. The average Bonchev–Trinajstić information content (AvgIpc) is 3.23. The number of aromatic nitrogens is 2. The second-order valence-electron chi connectivity index (χ2n) is 6.32. The van der Waals surface area contributed by atoms with E-state index in [-0.39, 0.29) is 28.3 Å². The Hall–Kier alpha value is -3.33. The summed E-state index contributed by atoms with van der Waals surface area (Å²) >= 11 is 1.08. The molecule has 0 fully saturated rings. The number of anilines is 1. The normalized spacial score (nSPS) is 10.6. The fourth-order valence-electron chi connectivity index (χ4n) is 2.92. The molecule has 2 heterocycles. The van der Waals surface area contributed by atoms with Crippen LogP contribution >= 0.6 is 11.3 Å². The Balaban J connectivity index is 1.71. The highest BCUT2D eigenvalue weighted by molar-refractivity contribution is 7.14. The number of aryl methyl sites for hydroxylation is 1. The molecular weight excluding hydrogens is 397 g/mol. The summed E-state index contributed by atoms with van der Waals surface area (Å²) in [5, 5.41) is 4.18. The first-order valence-electron chi connectivity index (χ1n) is 8.64. The van der Waals surface area contributed by atoms with E-state index < -0.39 is 12.6 Å². The van der Waals surface area contributed by atoms with Crippen molar-refractivity contribution < 1.29 is 23.5 Å². The zero-order chi connectivity index (χ0) is 21.1. The summed E-state index contributed by atoms with van der Waals surface area (Å²) in [4.78, 5) is 39.6. The zero-order valence-electron chi connectivity index (χ0n) is 16.0. The van der Waals surface area contributed by atoms with Gasteiger partial charge >= 0.3 is 5.97 Å². The van der Waals surface area contributed by atoms with Gasteiger partial charge in [0.1, 0.15) is 5.82 Å². The molecule has 7 nitrogen and oxygen atoms in total. The number of carbonyl (C=O) groups excluding carboxylic acids is 3. The van der Waals surface area contributed by atoms with Gasteiger partial charge in [-0.25, -0.2) is 14.2 Å². The third kappa shape index (κ3) is 4.57. The van der Waals surface area contributed by atoms with Gasteiger partial charge in [0.2, 0.25) is 11.7 Å². The highest BCUT2D eigenvalue weighted by Crippen LogP contribution is 2.22. The van der Waals surface area contributed by atoms with Crippen LogP contribution in [-0.2, 0) is 9.53 Å². The van der Waals surface area contributed by atoms with E-state index in [1.807, 2.05) is 0 Å². The molecule has 0 aliphatic rings. The summed E-state index contributed by atoms with van der Waals surface area (Å²) < 4.78 is 20.4. The molecular formula is C20H18FN3O4S. The van der Waals surface area contributed by atoms with Crippen molar-refractivity contribution in [2.75, 3.05) is 11.9 Å². The van der Waals surface area contributed by atoms with Gasteiger partial charge in [-0.3, -0.25) is 9.59 Å². The largest absolute Gasteiger partial charge is 0.453 e. The molecule has 0 saturated heterocycles. The fraction of sp³-hybridized carbons (Fsp3) is 0.200. The number of amides is 1. The molecule has 1 N–H and O–H groups in total. The monoisotopic (exact) mass is 415 g/mol. The highest BCUT2D eigenvalue weighted by Gasteiger charge is 2.20. The number of ether oxygens (including phenoxy) is 1. The van der Waals surface area contributed by atoms with E-state index in [9.17, 15) is 18.8 Å². The summed E-state index contributed by atoms with van der Waals surface area (Å²) in [6, 6.07) is 7.73. The maximum absolute atomic E-state index is 13.6. The molecule has 1 amide bonds. The van der Waals surface area contributed by atoms with Gasteiger partial charge < -0.3 is 14.6 Å². The predicted octanol–water partition coefficient (Wildman–Crippen LogP) is 3.69. The summed E-state index contributed by atoms with van der Waals surface area (Å²) in [5.41, 5.74) is 2.37. The van der Waals surface area contributed by atoms with Crippen LogP contribution in [0.3, 0.4) is 0 Å². The number of esters is 1. The number of nitrogens with zero attached hydrogens (tertiary/aromatic N) is 2. The maximum Gasteiger partial charge on any atom is 0.358 e. The Morgan fingerprint density at radius 3 is 2.69 bits per heavy atom. The van der Waals surface area contributed by atoms with Gasteiger partial charge in [-0.15, -0.1) is 11.3 Å². The first-order chi connectivity index (χ1) is 13.8. The van der Waals surface area contributed by atoms with Crippen LogP contribution in [0.1, 0.15) is 39.2 Å². The molecule has 1 aromatic carbocycles. The molecule has 29 heavy (non-hydrogen) atoms. The Morgan fingerprint density at radius 1 is 1.24 bits per heavy atom. The average molecular weight is 415 g/mol. The smallest absolute Gasteiger partial charge is 0.358 e. The molecule has 0 unspecified atom stereocenters. The Labute approximate surface area is 170 Å². The molecule has 0 bridgehead atoms. The first kappa shape index (κ1) is 20.4. The van der Waals surface area contributed by atoms with Crippen LogP contribution in [0, 0.1) is 19.7 Å². The fourth-order valence-corrected chi connectivity index (χ4v) is 3.64. The number of carbonyl (C=O) groups is 3. The van der Waals surface area contributed by atoms with Gasteiger partial charge in [0.15, 0.2) is 17.4 Å². The van der Waals surface area contributed by atoms with E-state index in [1.165, 1.54) is 24.4 Å². The van der Waals surface area contributed by atoms with Crippen LogP contribution in [0.25, 0.3) is 5.69 Å². The van der Waals surface area contributed by atoms with Crippen molar-refractivity contribution in [3.05, 3.63) is 64.2 Å². The van der Waals surface area contributed by atoms with Crippen LogP contribution in [0.4, 0.5) is 9.52 Å². The lowest BCUT2D eigenvalue weighted by Gasteiger charge is -2.10. The Kier molecular flexibility index (Phi) is 5.88. The summed E-state index contributed by atoms with van der Waals surface area (Å²) in [6.07, 6.45) is 0. The van der Waals surface area contributed by atoms with E-state index in [4.69, 9.17) is 4.74 Å². The highest BCUT2D eigenvalue weighted by atomic mass is 32.1. The lowest BCUT2D eigenvalue weighted by Crippen LogP contribution is -2.15. The lowest BCUT2D eigenvalue weighted by molar-refractivity contribution is -0.114. The van der Waals surface area contributed by atoms with E-state index in [0.717, 1.165) is 17.0 Å². The van der Waals surface area contributed by atoms with E-state index >= 15 is 0 Å².